The fourth-order valence-corrected chi connectivity index (χ4v) is 2.24. The van der Waals surface area contributed by atoms with E-state index < -0.39 is 0 Å². The average molecular weight is 319 g/mol. The number of carbonyl (C=O) groups is 1. The van der Waals surface area contributed by atoms with Crippen LogP contribution in [0.25, 0.3) is 11.8 Å². The highest BCUT2D eigenvalue weighted by molar-refractivity contribution is 6.05. The van der Waals surface area contributed by atoms with Gasteiger partial charge in [-0.25, -0.2) is 4.68 Å². The molecule has 0 saturated carbocycles. The topological polar surface area (TPSA) is 57.0 Å². The molecule has 0 atom stereocenters. The molecule has 0 fully saturated rings. The second-order valence-corrected chi connectivity index (χ2v) is 5.05. The van der Waals surface area contributed by atoms with Gasteiger partial charge >= 0.3 is 0 Å². The van der Waals surface area contributed by atoms with Gasteiger partial charge in [0.25, 0.3) is 0 Å². The van der Waals surface area contributed by atoms with Gasteiger partial charge in [0, 0.05) is 5.56 Å². The van der Waals surface area contributed by atoms with Gasteiger partial charge in [-0.3, -0.25) is 4.79 Å². The van der Waals surface area contributed by atoms with Gasteiger partial charge in [-0.05, 0) is 37.3 Å². The maximum absolute atomic E-state index is 12.3. The molecular formula is C19H17N3O2. The Morgan fingerprint density at radius 2 is 1.88 bits per heavy atom. The van der Waals surface area contributed by atoms with Crippen molar-refractivity contribution in [3.63, 3.8) is 0 Å². The number of hydrogen-bond donors (Lipinski definition) is 0. The summed E-state index contributed by atoms with van der Waals surface area (Å²) in [5.74, 6) is 0.542. The van der Waals surface area contributed by atoms with E-state index in [2.05, 4.69) is 10.3 Å². The van der Waals surface area contributed by atoms with Crippen LogP contribution in [0.5, 0.6) is 5.75 Å². The molecule has 0 radical (unpaired) electrons. The highest BCUT2D eigenvalue weighted by Gasteiger charge is 2.09. The van der Waals surface area contributed by atoms with Crippen molar-refractivity contribution in [2.75, 3.05) is 6.61 Å². The van der Waals surface area contributed by atoms with E-state index in [0.29, 0.717) is 12.3 Å². The third-order valence-corrected chi connectivity index (χ3v) is 3.40. The van der Waals surface area contributed by atoms with E-state index in [9.17, 15) is 4.79 Å². The minimum atomic E-state index is -0.205. The molecule has 1 heterocycles. The molecule has 0 amide bonds. The molecule has 5 nitrogen and oxygen atoms in total. The van der Waals surface area contributed by atoms with E-state index >= 15 is 0 Å². The summed E-state index contributed by atoms with van der Waals surface area (Å²) in [6, 6.07) is 17.1. The fraction of sp³-hybridized carbons (Fsp3) is 0.105. The quantitative estimate of drug-likeness (QED) is 0.515. The number of hydrogen-bond acceptors (Lipinski definition) is 4. The molecule has 0 bridgehead atoms. The largest absolute Gasteiger partial charge is 0.493 e. The molecule has 24 heavy (non-hydrogen) atoms. The van der Waals surface area contributed by atoms with E-state index in [-0.39, 0.29) is 5.78 Å². The first-order chi connectivity index (χ1) is 11.8. The molecule has 0 unspecified atom stereocenters. The van der Waals surface area contributed by atoms with Crippen molar-refractivity contribution in [1.29, 1.82) is 0 Å². The summed E-state index contributed by atoms with van der Waals surface area (Å²) in [6.45, 7) is 2.50. The molecule has 0 aliphatic heterocycles. The first kappa shape index (κ1) is 15.7. The van der Waals surface area contributed by atoms with Crippen LogP contribution in [0.15, 0.2) is 66.9 Å². The van der Waals surface area contributed by atoms with E-state index in [1.54, 1.807) is 17.0 Å². The number of ether oxygens (including phenoxy) is 1. The van der Waals surface area contributed by atoms with Gasteiger partial charge < -0.3 is 4.74 Å². The molecule has 0 spiro atoms. The highest BCUT2D eigenvalue weighted by atomic mass is 16.5. The van der Waals surface area contributed by atoms with Gasteiger partial charge in [0.1, 0.15) is 5.75 Å². The number of carbonyl (C=O) groups excluding carboxylic acids is 1. The molecule has 1 aromatic heterocycles. The Kier molecular flexibility index (Phi) is 4.81. The Bertz CT molecular complexity index is 854. The summed E-state index contributed by atoms with van der Waals surface area (Å²) < 4.78 is 7.12. The van der Waals surface area contributed by atoms with Crippen molar-refractivity contribution in [2.45, 2.75) is 6.92 Å². The van der Waals surface area contributed by atoms with Gasteiger partial charge in [0.2, 0.25) is 5.78 Å². The number of para-hydroxylation sites is 2. The van der Waals surface area contributed by atoms with Gasteiger partial charge in [0.05, 0.1) is 18.5 Å². The monoisotopic (exact) mass is 319 g/mol. The lowest BCUT2D eigenvalue weighted by Gasteiger charge is -2.05. The zero-order chi connectivity index (χ0) is 16.8. The van der Waals surface area contributed by atoms with Crippen LogP contribution in [0.2, 0.25) is 0 Å². The van der Waals surface area contributed by atoms with Crippen LogP contribution in [-0.4, -0.2) is 27.4 Å². The Morgan fingerprint density at radius 1 is 1.12 bits per heavy atom. The first-order valence-corrected chi connectivity index (χ1v) is 7.70. The van der Waals surface area contributed by atoms with Crippen LogP contribution in [-0.2, 0) is 0 Å². The van der Waals surface area contributed by atoms with Crippen molar-refractivity contribution >= 4 is 11.9 Å². The van der Waals surface area contributed by atoms with Crippen molar-refractivity contribution in [1.82, 2.24) is 15.0 Å². The van der Waals surface area contributed by atoms with Crippen LogP contribution < -0.4 is 4.74 Å². The molecule has 0 N–H and O–H groups in total. The lowest BCUT2D eigenvalue weighted by atomic mass is 10.1. The molecule has 3 aromatic rings. The molecule has 5 heteroatoms. The molecular weight excluding hydrogens is 302 g/mol. The molecule has 120 valence electrons. The maximum atomic E-state index is 12.3. The zero-order valence-electron chi connectivity index (χ0n) is 13.3. The minimum absolute atomic E-state index is 0.205. The van der Waals surface area contributed by atoms with Crippen molar-refractivity contribution in [2.24, 2.45) is 0 Å². The molecule has 0 aliphatic rings. The smallest absolute Gasteiger partial charge is 0.207 e. The second kappa shape index (κ2) is 7.37. The van der Waals surface area contributed by atoms with Gasteiger partial charge in [-0.2, -0.15) is 0 Å². The van der Waals surface area contributed by atoms with Gasteiger partial charge in [-0.15, -0.1) is 5.10 Å². The van der Waals surface area contributed by atoms with Crippen LogP contribution in [0, 0.1) is 0 Å². The van der Waals surface area contributed by atoms with Crippen LogP contribution in [0.3, 0.4) is 0 Å². The summed E-state index contributed by atoms with van der Waals surface area (Å²) in [4.78, 5) is 12.3. The number of aromatic nitrogens is 3. The first-order valence-electron chi connectivity index (χ1n) is 7.70. The third kappa shape index (κ3) is 3.57. The van der Waals surface area contributed by atoms with Crippen LogP contribution >= 0.6 is 0 Å². The maximum Gasteiger partial charge on any atom is 0.207 e. The standard InChI is InChI=1S/C19H17N3O2/c1-2-24-19-11-7-6-8-15(19)12-13-18(23)17-14-22(21-20-17)16-9-4-3-5-10-16/h3-14H,2H2,1H3/b13-12+. The average Bonchev–Trinajstić information content (AvgIpc) is 3.12. The number of nitrogens with zero attached hydrogens (tertiary/aromatic N) is 3. The predicted molar refractivity (Wildman–Crippen MR) is 92.3 cm³/mol. The van der Waals surface area contributed by atoms with Gasteiger partial charge in [-0.1, -0.05) is 41.6 Å². The summed E-state index contributed by atoms with van der Waals surface area (Å²) in [5.41, 5.74) is 2.00. The summed E-state index contributed by atoms with van der Waals surface area (Å²) in [5, 5.41) is 7.94. The Balaban J connectivity index is 1.77. The fourth-order valence-electron chi connectivity index (χ4n) is 2.24. The lowest BCUT2D eigenvalue weighted by molar-refractivity contribution is 0.104. The van der Waals surface area contributed by atoms with E-state index in [1.165, 1.54) is 6.08 Å². The van der Waals surface area contributed by atoms with Crippen molar-refractivity contribution < 1.29 is 9.53 Å². The van der Waals surface area contributed by atoms with Crippen molar-refractivity contribution in [3.8, 4) is 11.4 Å². The molecule has 3 rings (SSSR count). The second-order valence-electron chi connectivity index (χ2n) is 5.05. The normalized spacial score (nSPS) is 10.9. The Hall–Kier alpha value is -3.21. The Morgan fingerprint density at radius 3 is 2.67 bits per heavy atom. The number of ketones is 1. The van der Waals surface area contributed by atoms with E-state index in [0.717, 1.165) is 17.0 Å². The summed E-state index contributed by atoms with van der Waals surface area (Å²) >= 11 is 0. The molecule has 0 aliphatic carbocycles. The van der Waals surface area contributed by atoms with Crippen molar-refractivity contribution in [3.05, 3.63) is 78.1 Å². The molecule has 2 aromatic carbocycles. The zero-order valence-corrected chi connectivity index (χ0v) is 13.3. The number of allylic oxidation sites excluding steroid dienone is 1. The summed E-state index contributed by atoms with van der Waals surface area (Å²) in [7, 11) is 0. The molecule has 0 saturated heterocycles. The predicted octanol–water partition coefficient (Wildman–Crippen LogP) is 3.56. The summed E-state index contributed by atoms with van der Waals surface area (Å²) in [6.07, 6.45) is 4.84. The van der Waals surface area contributed by atoms with Crippen LogP contribution in [0.1, 0.15) is 23.0 Å². The van der Waals surface area contributed by atoms with E-state index in [1.807, 2.05) is 61.5 Å². The highest BCUT2D eigenvalue weighted by Crippen LogP contribution is 2.19. The lowest BCUT2D eigenvalue weighted by Crippen LogP contribution is -1.96. The van der Waals surface area contributed by atoms with E-state index in [4.69, 9.17) is 4.74 Å². The van der Waals surface area contributed by atoms with Crippen LogP contribution in [0.4, 0.5) is 0 Å². The minimum Gasteiger partial charge on any atom is -0.493 e. The third-order valence-electron chi connectivity index (χ3n) is 3.40. The number of rotatable bonds is 6. The number of benzene rings is 2. The Labute approximate surface area is 140 Å². The SMILES string of the molecule is CCOc1ccccc1/C=C/C(=O)c1cn(-c2ccccc2)nn1. The van der Waals surface area contributed by atoms with Gasteiger partial charge in [0.15, 0.2) is 5.69 Å².